The fraction of sp³-hybridized carbons (Fsp3) is 0.667. The predicted octanol–water partition coefficient (Wildman–Crippen LogP) is 3.47. The van der Waals surface area contributed by atoms with Crippen LogP contribution in [0.4, 0.5) is 0 Å². The molecular weight excluding hydrogens is 260 g/mol. The van der Waals surface area contributed by atoms with Crippen LogP contribution in [-0.4, -0.2) is 37.7 Å². The zero-order chi connectivity index (χ0) is 15.2. The molecule has 3 nitrogen and oxygen atoms in total. The Morgan fingerprint density at radius 2 is 1.90 bits per heavy atom. The summed E-state index contributed by atoms with van der Waals surface area (Å²) in [6.45, 7) is 9.83. The number of likely N-dealkylation sites (N-methyl/N-ethyl adjacent to an activating group) is 2. The molecule has 1 N–H and O–H groups in total. The van der Waals surface area contributed by atoms with Crippen molar-refractivity contribution in [1.29, 1.82) is 0 Å². The average molecular weight is 290 g/mol. The Morgan fingerprint density at radius 1 is 1.24 bits per heavy atom. The van der Waals surface area contributed by atoms with Crippen molar-refractivity contribution < 1.29 is 4.74 Å². The summed E-state index contributed by atoms with van der Waals surface area (Å²) in [5, 5.41) is 3.45. The second-order valence-electron chi connectivity index (χ2n) is 6.37. The van der Waals surface area contributed by atoms with Crippen LogP contribution >= 0.6 is 0 Å². The summed E-state index contributed by atoms with van der Waals surface area (Å²) >= 11 is 0. The molecule has 1 saturated carbocycles. The van der Waals surface area contributed by atoms with Crippen molar-refractivity contribution in [3.05, 3.63) is 29.8 Å². The van der Waals surface area contributed by atoms with Crippen LogP contribution in [0.3, 0.4) is 0 Å². The molecule has 0 spiro atoms. The second-order valence-corrected chi connectivity index (χ2v) is 6.37. The van der Waals surface area contributed by atoms with Gasteiger partial charge < -0.3 is 15.0 Å². The summed E-state index contributed by atoms with van der Waals surface area (Å²) in [4.78, 5) is 2.57. The maximum Gasteiger partial charge on any atom is 0.119 e. The normalized spacial score (nSPS) is 16.5. The molecule has 0 aromatic heterocycles. The molecule has 0 amide bonds. The van der Waals surface area contributed by atoms with Crippen molar-refractivity contribution in [3.8, 4) is 5.75 Å². The van der Waals surface area contributed by atoms with E-state index in [0.717, 1.165) is 24.8 Å². The quantitative estimate of drug-likeness (QED) is 0.753. The third-order valence-electron chi connectivity index (χ3n) is 4.10. The first-order valence-electron chi connectivity index (χ1n) is 8.28. The highest BCUT2D eigenvalue weighted by Crippen LogP contribution is 2.30. The van der Waals surface area contributed by atoms with Crippen LogP contribution in [0.2, 0.25) is 0 Å². The van der Waals surface area contributed by atoms with Gasteiger partial charge >= 0.3 is 0 Å². The lowest BCUT2D eigenvalue weighted by molar-refractivity contribution is 0.241. The van der Waals surface area contributed by atoms with Crippen molar-refractivity contribution in [1.82, 2.24) is 10.2 Å². The molecule has 0 bridgehead atoms. The fourth-order valence-corrected chi connectivity index (χ4v) is 2.67. The smallest absolute Gasteiger partial charge is 0.119 e. The maximum absolute atomic E-state index is 5.71. The number of ether oxygens (including phenoxy) is 1. The van der Waals surface area contributed by atoms with Gasteiger partial charge in [0.25, 0.3) is 0 Å². The first kappa shape index (κ1) is 16.3. The molecule has 2 rings (SSSR count). The molecular formula is C18H30N2O. The number of rotatable bonds is 9. The van der Waals surface area contributed by atoms with Gasteiger partial charge in [0, 0.05) is 19.1 Å². The lowest BCUT2D eigenvalue weighted by Crippen LogP contribution is -2.35. The van der Waals surface area contributed by atoms with Crippen molar-refractivity contribution in [2.45, 2.75) is 45.8 Å². The fourth-order valence-electron chi connectivity index (χ4n) is 2.67. The van der Waals surface area contributed by atoms with E-state index >= 15 is 0 Å². The van der Waals surface area contributed by atoms with Gasteiger partial charge in [-0.3, -0.25) is 0 Å². The molecule has 1 aromatic carbocycles. The maximum atomic E-state index is 5.71. The van der Waals surface area contributed by atoms with Crippen LogP contribution in [0.5, 0.6) is 5.75 Å². The van der Waals surface area contributed by atoms with Gasteiger partial charge in [-0.2, -0.15) is 0 Å². The monoisotopic (exact) mass is 290 g/mol. The number of benzene rings is 1. The molecule has 1 aromatic rings. The topological polar surface area (TPSA) is 24.5 Å². The molecule has 1 unspecified atom stereocenters. The van der Waals surface area contributed by atoms with Gasteiger partial charge in [-0.15, -0.1) is 0 Å². The Bertz CT molecular complexity index is 412. The lowest BCUT2D eigenvalue weighted by Gasteiger charge is -2.26. The van der Waals surface area contributed by atoms with Crippen LogP contribution in [0, 0.1) is 5.92 Å². The minimum Gasteiger partial charge on any atom is -0.491 e. The molecule has 1 aliphatic rings. The first-order chi connectivity index (χ1) is 10.1. The van der Waals surface area contributed by atoms with Crippen molar-refractivity contribution in [2.75, 3.05) is 26.7 Å². The van der Waals surface area contributed by atoms with Crippen LogP contribution in [-0.2, 0) is 0 Å². The van der Waals surface area contributed by atoms with E-state index in [1.165, 1.54) is 24.9 Å². The number of hydrogen-bond acceptors (Lipinski definition) is 3. The largest absolute Gasteiger partial charge is 0.491 e. The van der Waals surface area contributed by atoms with Gasteiger partial charge in [0.05, 0.1) is 6.10 Å². The van der Waals surface area contributed by atoms with Gasteiger partial charge in [0.1, 0.15) is 5.75 Å². The zero-order valence-electron chi connectivity index (χ0n) is 13.9. The molecule has 1 aliphatic carbocycles. The molecule has 118 valence electrons. The summed E-state index contributed by atoms with van der Waals surface area (Å²) in [6, 6.07) is 8.92. The van der Waals surface area contributed by atoms with Crippen LogP contribution < -0.4 is 10.1 Å². The number of nitrogens with one attached hydrogen (secondary N) is 1. The highest BCUT2D eigenvalue weighted by atomic mass is 16.5. The van der Waals surface area contributed by atoms with E-state index < -0.39 is 0 Å². The molecule has 0 heterocycles. The Kier molecular flexibility index (Phi) is 6.07. The Labute approximate surface area is 129 Å². The third-order valence-corrected chi connectivity index (χ3v) is 4.10. The second kappa shape index (κ2) is 7.81. The van der Waals surface area contributed by atoms with Crippen LogP contribution in [0.25, 0.3) is 0 Å². The Hall–Kier alpha value is -1.06. The average Bonchev–Trinajstić information content (AvgIpc) is 3.28. The molecule has 0 saturated heterocycles. The van der Waals surface area contributed by atoms with E-state index in [2.05, 4.69) is 55.3 Å². The summed E-state index contributed by atoms with van der Waals surface area (Å²) in [7, 11) is 2.05. The number of nitrogens with zero attached hydrogens (tertiary/aromatic N) is 1. The Balaban J connectivity index is 1.95. The lowest BCUT2D eigenvalue weighted by atomic mass is 10.1. The van der Waals surface area contributed by atoms with Crippen molar-refractivity contribution >= 4 is 0 Å². The molecule has 0 aliphatic heterocycles. The van der Waals surface area contributed by atoms with Crippen molar-refractivity contribution in [2.24, 2.45) is 5.92 Å². The summed E-state index contributed by atoms with van der Waals surface area (Å²) in [6.07, 6.45) is 3.06. The van der Waals surface area contributed by atoms with Crippen molar-refractivity contribution in [3.63, 3.8) is 0 Å². The molecule has 21 heavy (non-hydrogen) atoms. The van der Waals surface area contributed by atoms with Gasteiger partial charge in [-0.25, -0.2) is 0 Å². The van der Waals surface area contributed by atoms with Gasteiger partial charge in [-0.1, -0.05) is 19.1 Å². The highest BCUT2D eigenvalue weighted by molar-refractivity contribution is 5.29. The van der Waals surface area contributed by atoms with Crippen LogP contribution in [0.15, 0.2) is 24.3 Å². The van der Waals surface area contributed by atoms with Gasteiger partial charge in [-0.05, 0) is 63.9 Å². The van der Waals surface area contributed by atoms with E-state index in [4.69, 9.17) is 4.74 Å². The predicted molar refractivity (Wildman–Crippen MR) is 88.8 cm³/mol. The molecule has 0 radical (unpaired) electrons. The summed E-state index contributed by atoms with van der Waals surface area (Å²) < 4.78 is 5.71. The minimum absolute atomic E-state index is 0.227. The number of hydrogen-bond donors (Lipinski definition) is 1. The Morgan fingerprint density at radius 3 is 2.38 bits per heavy atom. The standard InChI is InChI=1S/C18H30N2O/c1-5-20(12-15-6-7-15)13-18(19-4)16-8-10-17(11-9-16)21-14(2)3/h8-11,14-15,18-19H,5-7,12-13H2,1-4H3. The van der Waals surface area contributed by atoms with E-state index in [1.54, 1.807) is 0 Å². The highest BCUT2D eigenvalue weighted by Gasteiger charge is 2.25. The van der Waals surface area contributed by atoms with E-state index in [9.17, 15) is 0 Å². The minimum atomic E-state index is 0.227. The molecule has 1 fully saturated rings. The summed E-state index contributed by atoms with van der Waals surface area (Å²) in [5.74, 6) is 1.90. The first-order valence-corrected chi connectivity index (χ1v) is 8.28. The van der Waals surface area contributed by atoms with E-state index in [0.29, 0.717) is 6.04 Å². The zero-order valence-corrected chi connectivity index (χ0v) is 13.9. The van der Waals surface area contributed by atoms with Gasteiger partial charge in [0.2, 0.25) is 0 Å². The van der Waals surface area contributed by atoms with E-state index in [-0.39, 0.29) is 6.10 Å². The third kappa shape index (κ3) is 5.33. The summed E-state index contributed by atoms with van der Waals surface area (Å²) in [5.41, 5.74) is 1.34. The van der Waals surface area contributed by atoms with E-state index in [1.807, 2.05) is 7.05 Å². The molecule has 3 heteroatoms. The SMILES string of the molecule is CCN(CC1CC1)CC(NC)c1ccc(OC(C)C)cc1. The van der Waals surface area contributed by atoms with Crippen LogP contribution in [0.1, 0.15) is 45.2 Å². The molecule has 1 atom stereocenters. The van der Waals surface area contributed by atoms with Gasteiger partial charge in [0.15, 0.2) is 0 Å².